The standard InChI is InChI=1S/C12H14N2OS2/c1-3-15-7-10-13-9(6-11(16)14-10)12-8(2)4-5-17-12/h4-6H,3,7H2,1-2H3,(H,13,14,16). The fourth-order valence-electron chi connectivity index (χ4n) is 1.55. The maximum atomic E-state index is 5.34. The van der Waals surface area contributed by atoms with Crippen molar-refractivity contribution in [3.8, 4) is 10.6 Å². The van der Waals surface area contributed by atoms with Crippen molar-refractivity contribution >= 4 is 23.6 Å². The molecule has 0 aliphatic heterocycles. The number of rotatable bonds is 4. The Morgan fingerprint density at radius 2 is 2.35 bits per heavy atom. The number of hydrogen-bond acceptors (Lipinski definition) is 4. The Kier molecular flexibility index (Phi) is 4.04. The van der Waals surface area contributed by atoms with Crippen LogP contribution in [0.1, 0.15) is 18.3 Å². The summed E-state index contributed by atoms with van der Waals surface area (Å²) < 4.78 is 5.94. The summed E-state index contributed by atoms with van der Waals surface area (Å²) in [6.07, 6.45) is 0. The average Bonchev–Trinajstić information content (AvgIpc) is 2.72. The molecule has 0 unspecified atom stereocenters. The molecule has 0 radical (unpaired) electrons. The molecule has 2 rings (SSSR count). The van der Waals surface area contributed by atoms with Crippen LogP contribution in [0.4, 0.5) is 0 Å². The number of ether oxygens (including phenoxy) is 1. The molecule has 1 N–H and O–H groups in total. The fraction of sp³-hybridized carbons (Fsp3) is 0.333. The molecule has 0 saturated carbocycles. The van der Waals surface area contributed by atoms with Gasteiger partial charge in [0, 0.05) is 6.61 Å². The molecule has 0 aliphatic rings. The molecular formula is C12H14N2OS2. The van der Waals surface area contributed by atoms with Crippen molar-refractivity contribution < 1.29 is 4.74 Å². The number of aromatic nitrogens is 2. The number of H-pyrrole nitrogens is 1. The van der Waals surface area contributed by atoms with Gasteiger partial charge in [0.15, 0.2) is 0 Å². The third kappa shape index (κ3) is 3.00. The highest BCUT2D eigenvalue weighted by atomic mass is 32.1. The van der Waals surface area contributed by atoms with E-state index in [0.29, 0.717) is 17.9 Å². The van der Waals surface area contributed by atoms with E-state index in [2.05, 4.69) is 28.3 Å². The van der Waals surface area contributed by atoms with Crippen LogP contribution in [0, 0.1) is 11.6 Å². The van der Waals surface area contributed by atoms with Gasteiger partial charge in [-0.1, -0.05) is 12.2 Å². The van der Waals surface area contributed by atoms with Gasteiger partial charge < -0.3 is 9.72 Å². The first-order valence-corrected chi connectivity index (χ1v) is 6.72. The molecule has 0 saturated heterocycles. The Morgan fingerprint density at radius 3 is 3.00 bits per heavy atom. The summed E-state index contributed by atoms with van der Waals surface area (Å²) in [6.45, 7) is 5.19. The fourth-order valence-corrected chi connectivity index (χ4v) is 2.67. The lowest BCUT2D eigenvalue weighted by atomic mass is 10.2. The Balaban J connectivity index is 2.38. The second-order valence-electron chi connectivity index (χ2n) is 3.65. The van der Waals surface area contributed by atoms with E-state index in [9.17, 15) is 0 Å². The second kappa shape index (κ2) is 5.53. The number of thiophene rings is 1. The topological polar surface area (TPSA) is 37.9 Å². The highest BCUT2D eigenvalue weighted by molar-refractivity contribution is 7.71. The van der Waals surface area contributed by atoms with Gasteiger partial charge in [-0.3, -0.25) is 0 Å². The van der Waals surface area contributed by atoms with E-state index in [4.69, 9.17) is 17.0 Å². The van der Waals surface area contributed by atoms with Crippen molar-refractivity contribution in [2.75, 3.05) is 6.61 Å². The van der Waals surface area contributed by atoms with Gasteiger partial charge in [-0.05, 0) is 36.9 Å². The first-order valence-electron chi connectivity index (χ1n) is 5.43. The van der Waals surface area contributed by atoms with Crippen molar-refractivity contribution in [1.29, 1.82) is 0 Å². The van der Waals surface area contributed by atoms with Crippen molar-refractivity contribution in [3.63, 3.8) is 0 Å². The van der Waals surface area contributed by atoms with Gasteiger partial charge in [0.05, 0.1) is 10.6 Å². The first kappa shape index (κ1) is 12.4. The van der Waals surface area contributed by atoms with Crippen LogP contribution in [0.15, 0.2) is 17.5 Å². The Labute approximate surface area is 110 Å². The van der Waals surface area contributed by atoms with Crippen LogP contribution in [0.25, 0.3) is 10.6 Å². The molecule has 2 aromatic rings. The lowest BCUT2D eigenvalue weighted by Crippen LogP contribution is -2.00. The Morgan fingerprint density at radius 1 is 1.53 bits per heavy atom. The van der Waals surface area contributed by atoms with Crippen molar-refractivity contribution in [2.45, 2.75) is 20.5 Å². The maximum Gasteiger partial charge on any atom is 0.134 e. The van der Waals surface area contributed by atoms with Crippen molar-refractivity contribution in [1.82, 2.24) is 9.97 Å². The minimum atomic E-state index is 0.471. The van der Waals surface area contributed by atoms with Crippen LogP contribution in [-0.4, -0.2) is 16.6 Å². The van der Waals surface area contributed by atoms with Gasteiger partial charge in [-0.25, -0.2) is 4.98 Å². The Hall–Kier alpha value is -1.04. The largest absolute Gasteiger partial charge is 0.374 e. The number of aromatic amines is 1. The van der Waals surface area contributed by atoms with Crippen LogP contribution in [0.3, 0.4) is 0 Å². The summed E-state index contributed by atoms with van der Waals surface area (Å²) >= 11 is 6.87. The Bertz CT molecular complexity index is 560. The van der Waals surface area contributed by atoms with Gasteiger partial charge in [-0.2, -0.15) is 0 Å². The summed E-state index contributed by atoms with van der Waals surface area (Å²) in [5.41, 5.74) is 2.27. The molecule has 2 aromatic heterocycles. The highest BCUT2D eigenvalue weighted by Crippen LogP contribution is 2.27. The minimum Gasteiger partial charge on any atom is -0.374 e. The zero-order valence-corrected chi connectivity index (χ0v) is 11.5. The number of aryl methyl sites for hydroxylation is 1. The average molecular weight is 266 g/mol. The predicted molar refractivity (Wildman–Crippen MR) is 72.8 cm³/mol. The predicted octanol–water partition coefficient (Wildman–Crippen LogP) is 3.71. The van der Waals surface area contributed by atoms with E-state index in [1.807, 2.05) is 13.0 Å². The van der Waals surface area contributed by atoms with E-state index in [0.717, 1.165) is 11.5 Å². The number of hydrogen-bond donors (Lipinski definition) is 1. The summed E-state index contributed by atoms with van der Waals surface area (Å²) in [4.78, 5) is 8.73. The van der Waals surface area contributed by atoms with E-state index in [-0.39, 0.29) is 0 Å². The third-order valence-electron chi connectivity index (χ3n) is 2.34. The van der Waals surface area contributed by atoms with Gasteiger partial charge in [0.25, 0.3) is 0 Å². The lowest BCUT2D eigenvalue weighted by Gasteiger charge is -2.05. The molecule has 90 valence electrons. The van der Waals surface area contributed by atoms with E-state index in [1.54, 1.807) is 11.3 Å². The second-order valence-corrected chi connectivity index (χ2v) is 4.98. The molecule has 3 nitrogen and oxygen atoms in total. The molecule has 0 aliphatic carbocycles. The van der Waals surface area contributed by atoms with E-state index in [1.165, 1.54) is 10.4 Å². The van der Waals surface area contributed by atoms with Crippen LogP contribution in [0.5, 0.6) is 0 Å². The summed E-state index contributed by atoms with van der Waals surface area (Å²) in [5, 5.41) is 2.07. The zero-order valence-electron chi connectivity index (χ0n) is 9.82. The summed E-state index contributed by atoms with van der Waals surface area (Å²) in [7, 11) is 0. The molecule has 5 heteroatoms. The van der Waals surface area contributed by atoms with E-state index >= 15 is 0 Å². The molecule has 2 heterocycles. The number of nitrogens with one attached hydrogen (secondary N) is 1. The monoisotopic (exact) mass is 266 g/mol. The number of nitrogens with zero attached hydrogens (tertiary/aromatic N) is 1. The van der Waals surface area contributed by atoms with Crippen molar-refractivity contribution in [3.05, 3.63) is 33.5 Å². The molecular weight excluding hydrogens is 252 g/mol. The molecule has 0 spiro atoms. The van der Waals surface area contributed by atoms with Crippen LogP contribution in [0.2, 0.25) is 0 Å². The minimum absolute atomic E-state index is 0.471. The van der Waals surface area contributed by atoms with Crippen LogP contribution >= 0.6 is 23.6 Å². The molecule has 0 atom stereocenters. The lowest BCUT2D eigenvalue weighted by molar-refractivity contribution is 0.128. The highest BCUT2D eigenvalue weighted by Gasteiger charge is 2.06. The molecule has 0 bridgehead atoms. The first-order chi connectivity index (χ1) is 8.20. The molecule has 0 aromatic carbocycles. The molecule has 17 heavy (non-hydrogen) atoms. The van der Waals surface area contributed by atoms with E-state index < -0.39 is 0 Å². The summed E-state index contributed by atoms with van der Waals surface area (Å²) in [5.74, 6) is 0.780. The maximum absolute atomic E-state index is 5.34. The van der Waals surface area contributed by atoms with Gasteiger partial charge in [0.1, 0.15) is 17.1 Å². The normalized spacial score (nSPS) is 10.7. The summed E-state index contributed by atoms with van der Waals surface area (Å²) in [6, 6.07) is 3.99. The quantitative estimate of drug-likeness (QED) is 0.857. The van der Waals surface area contributed by atoms with Crippen LogP contribution < -0.4 is 0 Å². The SMILES string of the molecule is CCOCc1nc(=S)cc(-c2sccc2C)[nH]1. The third-order valence-corrected chi connectivity index (χ3v) is 3.60. The van der Waals surface area contributed by atoms with Gasteiger partial charge in [0.2, 0.25) is 0 Å². The zero-order chi connectivity index (χ0) is 12.3. The van der Waals surface area contributed by atoms with Crippen LogP contribution in [-0.2, 0) is 11.3 Å². The molecule has 0 amide bonds. The van der Waals surface area contributed by atoms with Gasteiger partial charge in [-0.15, -0.1) is 11.3 Å². The van der Waals surface area contributed by atoms with Gasteiger partial charge >= 0.3 is 0 Å². The molecule has 0 fully saturated rings. The smallest absolute Gasteiger partial charge is 0.134 e. The van der Waals surface area contributed by atoms with Crippen molar-refractivity contribution in [2.24, 2.45) is 0 Å².